The Hall–Kier alpha value is -3.59. The monoisotopic (exact) mass is 491 g/mol. The first-order chi connectivity index (χ1) is 17.2. The molecule has 3 heterocycles. The van der Waals surface area contributed by atoms with E-state index in [0.29, 0.717) is 5.56 Å². The van der Waals surface area contributed by atoms with Crippen LogP contribution in [0.25, 0.3) is 28.2 Å². The first-order valence-corrected chi connectivity index (χ1v) is 12.4. The van der Waals surface area contributed by atoms with Gasteiger partial charge in [0, 0.05) is 28.5 Å². The van der Waals surface area contributed by atoms with E-state index in [1.807, 2.05) is 31.9 Å². The Kier molecular flexibility index (Phi) is 7.49. The van der Waals surface area contributed by atoms with Gasteiger partial charge in [0.15, 0.2) is 5.65 Å². The zero-order valence-corrected chi connectivity index (χ0v) is 21.8. The molecule has 36 heavy (non-hydrogen) atoms. The van der Waals surface area contributed by atoms with E-state index in [2.05, 4.69) is 45.5 Å². The summed E-state index contributed by atoms with van der Waals surface area (Å²) in [6.45, 7) is 13.9. The molecule has 190 valence electrons. The number of rotatable bonds is 9. The molecular weight excluding hydrogens is 457 g/mol. The molecule has 0 fully saturated rings. The van der Waals surface area contributed by atoms with Crippen molar-refractivity contribution < 1.29 is 9.18 Å². The van der Waals surface area contributed by atoms with Crippen molar-refractivity contribution in [2.24, 2.45) is 0 Å². The van der Waals surface area contributed by atoms with Crippen LogP contribution in [0.4, 0.5) is 4.39 Å². The fourth-order valence-corrected chi connectivity index (χ4v) is 4.62. The molecule has 0 aliphatic rings. The average Bonchev–Trinajstić information content (AvgIpc) is 3.50. The Bertz CT molecular complexity index is 1370. The van der Waals surface area contributed by atoms with Gasteiger partial charge in [0.05, 0.1) is 24.0 Å². The molecule has 2 N–H and O–H groups in total. The highest BCUT2D eigenvalue weighted by Gasteiger charge is 2.22. The highest BCUT2D eigenvalue weighted by Crippen LogP contribution is 2.37. The predicted molar refractivity (Wildman–Crippen MR) is 139 cm³/mol. The van der Waals surface area contributed by atoms with E-state index in [1.165, 1.54) is 12.4 Å². The van der Waals surface area contributed by atoms with E-state index in [-0.39, 0.29) is 24.2 Å². The lowest BCUT2D eigenvalue weighted by Crippen LogP contribution is -2.38. The molecule has 0 spiro atoms. The molecule has 1 unspecified atom stereocenters. The molecule has 4 aromatic rings. The number of carbonyl (C=O) groups is 1. The molecule has 0 saturated carbocycles. The topological polar surface area (TPSA) is 91.2 Å². The minimum Gasteiger partial charge on any atom is -0.348 e. The summed E-state index contributed by atoms with van der Waals surface area (Å²) in [5, 5.41) is 15.1. The Morgan fingerprint density at radius 2 is 1.92 bits per heavy atom. The highest BCUT2D eigenvalue weighted by molar-refractivity contribution is 5.79. The number of aryl methyl sites for hydroxylation is 1. The summed E-state index contributed by atoms with van der Waals surface area (Å²) in [4.78, 5) is 18.8. The number of likely N-dealkylation sites (N-methyl/N-ethyl adjacent to an activating group) is 1. The number of aromatic amines is 1. The Balaban J connectivity index is 1.69. The average molecular weight is 492 g/mol. The molecule has 1 amide bonds. The fraction of sp³-hybridized carbons (Fsp3) is 0.407. The van der Waals surface area contributed by atoms with E-state index < -0.39 is 6.04 Å². The van der Waals surface area contributed by atoms with Crippen molar-refractivity contribution in [3.8, 4) is 22.5 Å². The van der Waals surface area contributed by atoms with Crippen molar-refractivity contribution in [1.82, 2.24) is 35.0 Å². The third-order valence-corrected chi connectivity index (χ3v) is 6.60. The lowest BCUT2D eigenvalue weighted by molar-refractivity contribution is -0.122. The number of fused-ring (bicyclic) bond motifs is 1. The minimum atomic E-state index is -0.477. The van der Waals surface area contributed by atoms with Gasteiger partial charge in [-0.15, -0.1) is 0 Å². The number of pyridine rings is 1. The maximum absolute atomic E-state index is 14.9. The number of halogens is 1. The summed E-state index contributed by atoms with van der Waals surface area (Å²) in [5.41, 5.74) is 6.68. The van der Waals surface area contributed by atoms with Crippen LogP contribution >= 0.6 is 0 Å². The first kappa shape index (κ1) is 25.5. The number of H-pyrrole nitrogens is 1. The van der Waals surface area contributed by atoms with Crippen LogP contribution in [-0.4, -0.2) is 55.2 Å². The highest BCUT2D eigenvalue weighted by atomic mass is 19.1. The van der Waals surface area contributed by atoms with E-state index in [4.69, 9.17) is 0 Å². The summed E-state index contributed by atoms with van der Waals surface area (Å²) in [6, 6.07) is 6.58. The molecule has 3 aromatic heterocycles. The molecule has 1 atom stereocenters. The van der Waals surface area contributed by atoms with Gasteiger partial charge in [0.2, 0.25) is 5.91 Å². The first-order valence-electron chi connectivity index (χ1n) is 12.4. The quantitative estimate of drug-likeness (QED) is 0.348. The number of hydrogen-bond donors (Lipinski definition) is 2. The van der Waals surface area contributed by atoms with Gasteiger partial charge in [0.1, 0.15) is 12.1 Å². The van der Waals surface area contributed by atoms with E-state index in [1.54, 1.807) is 23.6 Å². The van der Waals surface area contributed by atoms with E-state index in [9.17, 15) is 9.18 Å². The Morgan fingerprint density at radius 1 is 1.17 bits per heavy atom. The smallest absolute Gasteiger partial charge is 0.234 e. The van der Waals surface area contributed by atoms with Gasteiger partial charge in [-0.2, -0.15) is 10.2 Å². The molecule has 4 rings (SSSR count). The second kappa shape index (κ2) is 10.6. The minimum absolute atomic E-state index is 0.124. The predicted octanol–water partition coefficient (Wildman–Crippen LogP) is 4.88. The standard InChI is InChI=1S/C27H34FN7O/c1-7-34(8-2)14-23(36)31-18(6)21-12-19(9-10-22(21)28)25-24(16(3)4)26(33-32-25)20-11-17(5)27-29-15-30-35(27)13-20/h9-13,15-16,18H,7-8,14H2,1-6H3,(H,31,36)(H,32,33). The largest absolute Gasteiger partial charge is 0.348 e. The SMILES string of the molecule is CCN(CC)CC(=O)NC(C)c1cc(-c2[nH]nc(-c3cc(C)c4ncnn4c3)c2C(C)C)ccc1F. The van der Waals surface area contributed by atoms with Gasteiger partial charge < -0.3 is 5.32 Å². The maximum Gasteiger partial charge on any atom is 0.234 e. The zero-order chi connectivity index (χ0) is 26.0. The summed E-state index contributed by atoms with van der Waals surface area (Å²) in [5.74, 6) is -0.325. The Labute approximate surface area is 210 Å². The molecule has 8 nitrogen and oxygen atoms in total. The lowest BCUT2D eigenvalue weighted by atomic mass is 9.92. The van der Waals surface area contributed by atoms with Crippen LogP contribution in [0.3, 0.4) is 0 Å². The molecule has 0 radical (unpaired) electrons. The van der Waals surface area contributed by atoms with Gasteiger partial charge in [-0.3, -0.25) is 14.8 Å². The normalized spacial score (nSPS) is 12.6. The van der Waals surface area contributed by atoms with Crippen molar-refractivity contribution in [1.29, 1.82) is 0 Å². The summed E-state index contributed by atoms with van der Waals surface area (Å²) < 4.78 is 16.6. The van der Waals surface area contributed by atoms with Crippen LogP contribution in [0.1, 0.15) is 63.3 Å². The second-order valence-electron chi connectivity index (χ2n) is 9.44. The van der Waals surface area contributed by atoms with E-state index >= 15 is 0 Å². The number of hydrogen-bond acceptors (Lipinski definition) is 5. The van der Waals surface area contributed by atoms with Crippen molar-refractivity contribution in [3.63, 3.8) is 0 Å². The number of aromatic nitrogens is 5. The third-order valence-electron chi connectivity index (χ3n) is 6.60. The van der Waals surface area contributed by atoms with Crippen molar-refractivity contribution in [2.75, 3.05) is 19.6 Å². The van der Waals surface area contributed by atoms with Crippen LogP contribution in [0, 0.1) is 12.7 Å². The zero-order valence-electron chi connectivity index (χ0n) is 21.8. The lowest BCUT2D eigenvalue weighted by Gasteiger charge is -2.21. The molecule has 0 bridgehead atoms. The maximum atomic E-state index is 14.9. The van der Waals surface area contributed by atoms with Crippen molar-refractivity contribution in [3.05, 3.63) is 59.3 Å². The van der Waals surface area contributed by atoms with Gasteiger partial charge >= 0.3 is 0 Å². The van der Waals surface area contributed by atoms with Gasteiger partial charge in [-0.1, -0.05) is 27.7 Å². The summed E-state index contributed by atoms with van der Waals surface area (Å²) in [7, 11) is 0. The van der Waals surface area contributed by atoms with Crippen molar-refractivity contribution >= 4 is 11.6 Å². The van der Waals surface area contributed by atoms with Crippen molar-refractivity contribution in [2.45, 2.75) is 53.5 Å². The van der Waals surface area contributed by atoms with Crippen LogP contribution in [0.2, 0.25) is 0 Å². The molecule has 9 heteroatoms. The molecule has 0 aliphatic heterocycles. The van der Waals surface area contributed by atoms with E-state index in [0.717, 1.165) is 52.4 Å². The van der Waals surface area contributed by atoms with Crippen LogP contribution in [0.5, 0.6) is 0 Å². The third kappa shape index (κ3) is 5.02. The van der Waals surface area contributed by atoms with Gasteiger partial charge in [-0.25, -0.2) is 13.9 Å². The molecular formula is C27H34FN7O. The summed E-state index contributed by atoms with van der Waals surface area (Å²) in [6.07, 6.45) is 3.46. The summed E-state index contributed by atoms with van der Waals surface area (Å²) >= 11 is 0. The second-order valence-corrected chi connectivity index (χ2v) is 9.44. The molecule has 0 aliphatic carbocycles. The van der Waals surface area contributed by atoms with Crippen LogP contribution in [0.15, 0.2) is 36.8 Å². The molecule has 1 aromatic carbocycles. The number of amides is 1. The van der Waals surface area contributed by atoms with Gasteiger partial charge in [0.25, 0.3) is 0 Å². The van der Waals surface area contributed by atoms with Crippen LogP contribution < -0.4 is 5.32 Å². The fourth-order valence-electron chi connectivity index (χ4n) is 4.62. The van der Waals surface area contributed by atoms with Gasteiger partial charge in [-0.05, 0) is 62.7 Å². The number of nitrogens with zero attached hydrogens (tertiary/aromatic N) is 5. The molecule has 0 saturated heterocycles. The Morgan fingerprint density at radius 3 is 2.61 bits per heavy atom. The number of benzene rings is 1. The van der Waals surface area contributed by atoms with Crippen LogP contribution in [-0.2, 0) is 4.79 Å². The number of nitrogens with one attached hydrogen (secondary N) is 2. The number of carbonyl (C=O) groups excluding carboxylic acids is 1.